The van der Waals surface area contributed by atoms with E-state index in [1.165, 1.54) is 12.3 Å². The van der Waals surface area contributed by atoms with Gasteiger partial charge in [-0.1, -0.05) is 31.9 Å². The first-order valence-corrected chi connectivity index (χ1v) is 5.16. The van der Waals surface area contributed by atoms with Crippen LogP contribution in [0.15, 0.2) is 18.5 Å². The SMILES string of the molecule is Fc1cncc(C2CC2(Br)Br)c1. The maximum Gasteiger partial charge on any atom is 0.141 e. The molecule has 1 nitrogen and oxygen atoms in total. The molecule has 4 heteroatoms. The number of hydrogen-bond acceptors (Lipinski definition) is 1. The van der Waals surface area contributed by atoms with E-state index in [9.17, 15) is 4.39 Å². The molecule has 0 spiro atoms. The molecule has 1 unspecified atom stereocenters. The lowest BCUT2D eigenvalue weighted by atomic mass is 10.2. The van der Waals surface area contributed by atoms with Gasteiger partial charge in [0, 0.05) is 12.1 Å². The van der Waals surface area contributed by atoms with Crippen LogP contribution in [0.1, 0.15) is 17.9 Å². The van der Waals surface area contributed by atoms with E-state index in [0.717, 1.165) is 12.0 Å². The summed E-state index contributed by atoms with van der Waals surface area (Å²) in [6, 6.07) is 1.53. The second-order valence-electron chi connectivity index (χ2n) is 2.95. The summed E-state index contributed by atoms with van der Waals surface area (Å²) in [4.78, 5) is 3.79. The van der Waals surface area contributed by atoms with E-state index < -0.39 is 0 Å². The molecule has 0 saturated heterocycles. The van der Waals surface area contributed by atoms with E-state index in [1.54, 1.807) is 6.20 Å². The van der Waals surface area contributed by atoms with Gasteiger partial charge in [-0.3, -0.25) is 4.98 Å². The van der Waals surface area contributed by atoms with Gasteiger partial charge in [0.2, 0.25) is 0 Å². The molecule has 1 aliphatic rings. The Morgan fingerprint density at radius 1 is 1.50 bits per heavy atom. The van der Waals surface area contributed by atoms with Crippen molar-refractivity contribution in [2.75, 3.05) is 0 Å². The van der Waals surface area contributed by atoms with Gasteiger partial charge in [0.15, 0.2) is 0 Å². The zero-order chi connectivity index (χ0) is 8.77. The zero-order valence-corrected chi connectivity index (χ0v) is 9.27. The third-order valence-electron chi connectivity index (χ3n) is 1.95. The highest BCUT2D eigenvalue weighted by Gasteiger charge is 2.51. The van der Waals surface area contributed by atoms with Gasteiger partial charge in [-0.15, -0.1) is 0 Å². The fourth-order valence-electron chi connectivity index (χ4n) is 1.19. The minimum absolute atomic E-state index is 0.0184. The molecule has 2 rings (SSSR count). The van der Waals surface area contributed by atoms with Crippen LogP contribution in [0.4, 0.5) is 4.39 Å². The lowest BCUT2D eigenvalue weighted by molar-refractivity contribution is 0.618. The van der Waals surface area contributed by atoms with Crippen LogP contribution < -0.4 is 0 Å². The second-order valence-corrected chi connectivity index (χ2v) is 6.85. The molecule has 1 saturated carbocycles. The molecule has 0 amide bonds. The van der Waals surface area contributed by atoms with Gasteiger partial charge in [0.05, 0.1) is 9.43 Å². The molecule has 12 heavy (non-hydrogen) atoms. The Morgan fingerprint density at radius 2 is 2.17 bits per heavy atom. The van der Waals surface area contributed by atoms with E-state index in [1.807, 2.05) is 0 Å². The maximum atomic E-state index is 12.7. The lowest BCUT2D eigenvalue weighted by Crippen LogP contribution is -1.90. The van der Waals surface area contributed by atoms with Crippen molar-refractivity contribution in [3.63, 3.8) is 0 Å². The molecule has 0 N–H and O–H groups in total. The highest BCUT2D eigenvalue weighted by atomic mass is 79.9. The van der Waals surface area contributed by atoms with Gasteiger partial charge in [-0.2, -0.15) is 0 Å². The molecule has 1 fully saturated rings. The molecular formula is C8H6Br2FN. The van der Waals surface area contributed by atoms with Crippen molar-refractivity contribution < 1.29 is 4.39 Å². The van der Waals surface area contributed by atoms with Crippen LogP contribution in [0.25, 0.3) is 0 Å². The van der Waals surface area contributed by atoms with E-state index in [4.69, 9.17) is 0 Å². The molecule has 1 heterocycles. The van der Waals surface area contributed by atoms with Crippen LogP contribution in [0.3, 0.4) is 0 Å². The van der Waals surface area contributed by atoms with Gasteiger partial charge in [-0.25, -0.2) is 4.39 Å². The first-order valence-electron chi connectivity index (χ1n) is 3.58. The number of alkyl halides is 2. The predicted molar refractivity (Wildman–Crippen MR) is 52.1 cm³/mol. The largest absolute Gasteiger partial charge is 0.261 e. The van der Waals surface area contributed by atoms with Crippen molar-refractivity contribution >= 4 is 31.9 Å². The van der Waals surface area contributed by atoms with Crippen LogP contribution in [-0.4, -0.2) is 8.22 Å². The Bertz CT molecular complexity index is 314. The zero-order valence-electron chi connectivity index (χ0n) is 6.10. The van der Waals surface area contributed by atoms with Crippen molar-refractivity contribution in [2.45, 2.75) is 15.6 Å². The average Bonchev–Trinajstić information content (AvgIpc) is 2.60. The molecule has 0 radical (unpaired) electrons. The van der Waals surface area contributed by atoms with Crippen LogP contribution in [0.2, 0.25) is 0 Å². The summed E-state index contributed by atoms with van der Waals surface area (Å²) >= 11 is 6.96. The molecule has 1 aromatic rings. The third kappa shape index (κ3) is 1.55. The summed E-state index contributed by atoms with van der Waals surface area (Å²) in [5, 5.41) is 0. The number of halogens is 3. The standard InChI is InChI=1S/C8H6Br2FN/c9-8(10)2-7(8)5-1-6(11)4-12-3-5/h1,3-4,7H,2H2. The average molecular weight is 295 g/mol. The van der Waals surface area contributed by atoms with Crippen molar-refractivity contribution in [3.8, 4) is 0 Å². The van der Waals surface area contributed by atoms with Crippen LogP contribution >= 0.6 is 31.9 Å². The Hall–Kier alpha value is 0.0400. The third-order valence-corrected chi connectivity index (χ3v) is 3.71. The lowest BCUT2D eigenvalue weighted by Gasteiger charge is -1.99. The van der Waals surface area contributed by atoms with Crippen molar-refractivity contribution in [1.29, 1.82) is 0 Å². The van der Waals surface area contributed by atoms with Crippen LogP contribution in [0, 0.1) is 5.82 Å². The summed E-state index contributed by atoms with van der Waals surface area (Å²) in [6.45, 7) is 0. The molecule has 64 valence electrons. The topological polar surface area (TPSA) is 12.9 Å². The van der Waals surface area contributed by atoms with Crippen LogP contribution in [0.5, 0.6) is 0 Å². The van der Waals surface area contributed by atoms with E-state index in [-0.39, 0.29) is 9.05 Å². The minimum atomic E-state index is -0.268. The van der Waals surface area contributed by atoms with Crippen LogP contribution in [-0.2, 0) is 0 Å². The second kappa shape index (κ2) is 2.77. The minimum Gasteiger partial charge on any atom is -0.261 e. The number of hydrogen-bond donors (Lipinski definition) is 0. The number of rotatable bonds is 1. The fraction of sp³-hybridized carbons (Fsp3) is 0.375. The normalized spacial score (nSPS) is 25.4. The summed E-state index contributed by atoms with van der Waals surface area (Å²) in [5.74, 6) is 0.0795. The fourth-order valence-corrected chi connectivity index (χ4v) is 2.37. The first kappa shape index (κ1) is 8.63. The van der Waals surface area contributed by atoms with Gasteiger partial charge in [-0.05, 0) is 18.1 Å². The molecular weight excluding hydrogens is 289 g/mol. The van der Waals surface area contributed by atoms with Gasteiger partial charge in [0.25, 0.3) is 0 Å². The van der Waals surface area contributed by atoms with Gasteiger partial charge in [0.1, 0.15) is 5.82 Å². The Balaban J connectivity index is 2.26. The summed E-state index contributed by atoms with van der Waals surface area (Å²) < 4.78 is 12.7. The number of nitrogens with zero attached hydrogens (tertiary/aromatic N) is 1. The first-order chi connectivity index (χ1) is 5.59. The molecule has 1 atom stereocenters. The van der Waals surface area contributed by atoms with Crippen molar-refractivity contribution in [3.05, 3.63) is 29.8 Å². The monoisotopic (exact) mass is 293 g/mol. The Morgan fingerprint density at radius 3 is 2.67 bits per heavy atom. The summed E-state index contributed by atoms with van der Waals surface area (Å²) in [7, 11) is 0. The van der Waals surface area contributed by atoms with Gasteiger partial charge < -0.3 is 0 Å². The maximum absolute atomic E-state index is 12.7. The molecule has 1 aliphatic carbocycles. The van der Waals surface area contributed by atoms with E-state index >= 15 is 0 Å². The number of aromatic nitrogens is 1. The summed E-state index contributed by atoms with van der Waals surface area (Å²) in [5.41, 5.74) is 0.948. The molecule has 0 aliphatic heterocycles. The predicted octanol–water partition coefficient (Wildman–Crippen LogP) is 3.19. The molecule has 0 bridgehead atoms. The Labute approximate surface area is 86.6 Å². The van der Waals surface area contributed by atoms with E-state index in [2.05, 4.69) is 36.8 Å². The van der Waals surface area contributed by atoms with Crippen molar-refractivity contribution in [2.24, 2.45) is 0 Å². The van der Waals surface area contributed by atoms with Gasteiger partial charge >= 0.3 is 0 Å². The summed E-state index contributed by atoms with van der Waals surface area (Å²) in [6.07, 6.45) is 3.91. The quantitative estimate of drug-likeness (QED) is 0.725. The highest BCUT2D eigenvalue weighted by molar-refractivity contribution is 9.25. The smallest absolute Gasteiger partial charge is 0.141 e. The molecule has 1 aromatic heterocycles. The Kier molecular flexibility index (Phi) is 1.99. The molecule has 0 aromatic carbocycles. The highest BCUT2D eigenvalue weighted by Crippen LogP contribution is 2.62. The van der Waals surface area contributed by atoms with Crippen molar-refractivity contribution in [1.82, 2.24) is 4.98 Å². The number of pyridine rings is 1. The van der Waals surface area contributed by atoms with E-state index in [0.29, 0.717) is 5.92 Å².